The van der Waals surface area contributed by atoms with Gasteiger partial charge >= 0.3 is 5.97 Å². The van der Waals surface area contributed by atoms with Crippen molar-refractivity contribution >= 4 is 34.3 Å². The molecule has 0 saturated heterocycles. The fourth-order valence-corrected chi connectivity index (χ4v) is 0.932. The molecule has 1 aromatic heterocycles. The molecule has 0 bridgehead atoms. The van der Waals surface area contributed by atoms with Gasteiger partial charge in [0.2, 0.25) is 0 Å². The molecule has 1 rings (SSSR count). The van der Waals surface area contributed by atoms with Crippen molar-refractivity contribution in [2.24, 2.45) is 5.73 Å². The lowest BCUT2D eigenvalue weighted by Crippen LogP contribution is -2.21. The molecule has 0 unspecified atom stereocenters. The van der Waals surface area contributed by atoms with Crippen LogP contribution in [-0.4, -0.2) is 16.1 Å². The highest BCUT2D eigenvalue weighted by molar-refractivity contribution is 9.10. The summed E-state index contributed by atoms with van der Waals surface area (Å²) in [5, 5.41) is 8.53. The summed E-state index contributed by atoms with van der Waals surface area (Å²) >= 11 is 3.18. The topological polar surface area (TPSA) is 76.2 Å². The molecule has 6 heteroatoms. The van der Waals surface area contributed by atoms with E-state index >= 15 is 0 Å². The minimum atomic E-state index is -1.08. The lowest BCUT2D eigenvalue weighted by molar-refractivity contribution is -0.138. The van der Waals surface area contributed by atoms with Gasteiger partial charge in [0.25, 0.3) is 0 Å². The van der Waals surface area contributed by atoms with E-state index in [0.29, 0.717) is 5.69 Å². The van der Waals surface area contributed by atoms with Crippen LogP contribution in [0.25, 0.3) is 0 Å². The molecule has 1 atom stereocenters. The standard InChI is InChI=1S/C7H7BrN2O2.ClH/c8-4-1-2-5(10-3-4)6(9)7(11)12;/h1-3,6H,9H2,(H,11,12);1H/t6-;/m0./s1. The van der Waals surface area contributed by atoms with Crippen molar-refractivity contribution in [2.75, 3.05) is 0 Å². The summed E-state index contributed by atoms with van der Waals surface area (Å²) in [6, 6.07) is 2.23. The largest absolute Gasteiger partial charge is 0.480 e. The molecule has 0 aliphatic rings. The number of carboxylic acids is 1. The Morgan fingerprint density at radius 1 is 1.62 bits per heavy atom. The summed E-state index contributed by atoms with van der Waals surface area (Å²) in [7, 11) is 0. The van der Waals surface area contributed by atoms with Gasteiger partial charge < -0.3 is 10.8 Å². The molecular formula is C7H8BrClN2O2. The first-order valence-electron chi connectivity index (χ1n) is 3.21. The minimum Gasteiger partial charge on any atom is -0.480 e. The SMILES string of the molecule is Cl.N[C@H](C(=O)O)c1ccc(Br)cn1. The number of hydrogen-bond donors (Lipinski definition) is 2. The molecule has 72 valence electrons. The number of carbonyl (C=O) groups is 1. The number of halogens is 2. The van der Waals surface area contributed by atoms with Crippen LogP contribution in [-0.2, 0) is 4.79 Å². The lowest BCUT2D eigenvalue weighted by Gasteiger charge is -2.04. The van der Waals surface area contributed by atoms with Crippen molar-refractivity contribution in [3.63, 3.8) is 0 Å². The molecule has 0 saturated carbocycles. The quantitative estimate of drug-likeness (QED) is 0.848. The van der Waals surface area contributed by atoms with Crippen LogP contribution in [0.3, 0.4) is 0 Å². The van der Waals surface area contributed by atoms with Gasteiger partial charge in [0.05, 0.1) is 5.69 Å². The number of pyridine rings is 1. The molecule has 0 aliphatic heterocycles. The van der Waals surface area contributed by atoms with Crippen LogP contribution in [0.1, 0.15) is 11.7 Å². The second-order valence-corrected chi connectivity index (χ2v) is 3.13. The van der Waals surface area contributed by atoms with Crippen LogP contribution in [0.2, 0.25) is 0 Å². The number of aromatic nitrogens is 1. The summed E-state index contributed by atoms with van der Waals surface area (Å²) in [5.74, 6) is -1.08. The van der Waals surface area contributed by atoms with Crippen molar-refractivity contribution < 1.29 is 9.90 Å². The Labute approximate surface area is 89.7 Å². The van der Waals surface area contributed by atoms with Crippen LogP contribution in [0.5, 0.6) is 0 Å². The van der Waals surface area contributed by atoms with Crippen LogP contribution in [0.4, 0.5) is 0 Å². The van der Waals surface area contributed by atoms with Crippen LogP contribution in [0, 0.1) is 0 Å². The van der Waals surface area contributed by atoms with Gasteiger partial charge in [-0.05, 0) is 28.1 Å². The van der Waals surface area contributed by atoms with E-state index in [0.717, 1.165) is 4.47 Å². The van der Waals surface area contributed by atoms with Gasteiger partial charge in [-0.1, -0.05) is 0 Å². The first kappa shape index (κ1) is 12.3. The summed E-state index contributed by atoms with van der Waals surface area (Å²) in [4.78, 5) is 14.3. The Morgan fingerprint density at radius 3 is 2.62 bits per heavy atom. The molecule has 0 aromatic carbocycles. The van der Waals surface area contributed by atoms with Gasteiger partial charge in [0, 0.05) is 10.7 Å². The van der Waals surface area contributed by atoms with Crippen molar-refractivity contribution in [1.82, 2.24) is 4.98 Å². The summed E-state index contributed by atoms with van der Waals surface area (Å²) in [6.07, 6.45) is 1.51. The Hall–Kier alpha value is -0.650. The maximum absolute atomic E-state index is 10.4. The minimum absolute atomic E-state index is 0. The highest BCUT2D eigenvalue weighted by Crippen LogP contribution is 2.11. The Bertz CT molecular complexity index is 291. The summed E-state index contributed by atoms with van der Waals surface area (Å²) in [5.41, 5.74) is 5.66. The maximum atomic E-state index is 10.4. The van der Waals surface area contributed by atoms with E-state index in [4.69, 9.17) is 10.8 Å². The zero-order chi connectivity index (χ0) is 9.14. The van der Waals surface area contributed by atoms with Gasteiger partial charge in [-0.3, -0.25) is 9.78 Å². The van der Waals surface area contributed by atoms with E-state index in [1.165, 1.54) is 6.20 Å². The molecule has 4 nitrogen and oxygen atoms in total. The van der Waals surface area contributed by atoms with E-state index < -0.39 is 12.0 Å². The number of carboxylic acid groups (broad SMARTS) is 1. The Balaban J connectivity index is 0.00000144. The Kier molecular flexibility index (Phi) is 4.90. The average Bonchev–Trinajstić information content (AvgIpc) is 2.04. The number of hydrogen-bond acceptors (Lipinski definition) is 3. The highest BCUT2D eigenvalue weighted by atomic mass is 79.9. The first-order valence-corrected chi connectivity index (χ1v) is 4.00. The van der Waals surface area contributed by atoms with E-state index in [2.05, 4.69) is 20.9 Å². The van der Waals surface area contributed by atoms with E-state index in [9.17, 15) is 4.79 Å². The third-order valence-electron chi connectivity index (χ3n) is 1.33. The van der Waals surface area contributed by atoms with Crippen LogP contribution >= 0.6 is 28.3 Å². The fraction of sp³-hybridized carbons (Fsp3) is 0.143. The normalized spacial score (nSPS) is 11.5. The third-order valence-corrected chi connectivity index (χ3v) is 1.80. The number of nitrogens with zero attached hydrogens (tertiary/aromatic N) is 1. The predicted molar refractivity (Wildman–Crippen MR) is 53.7 cm³/mol. The molecule has 0 radical (unpaired) electrons. The highest BCUT2D eigenvalue weighted by Gasteiger charge is 2.14. The molecule has 0 spiro atoms. The van der Waals surface area contributed by atoms with Gasteiger partial charge in [-0.2, -0.15) is 0 Å². The molecule has 0 aliphatic carbocycles. The van der Waals surface area contributed by atoms with Crippen LogP contribution in [0.15, 0.2) is 22.8 Å². The van der Waals surface area contributed by atoms with E-state index in [-0.39, 0.29) is 12.4 Å². The number of nitrogens with two attached hydrogens (primary N) is 1. The third kappa shape index (κ3) is 3.30. The molecule has 13 heavy (non-hydrogen) atoms. The van der Waals surface area contributed by atoms with Gasteiger partial charge in [0.1, 0.15) is 6.04 Å². The van der Waals surface area contributed by atoms with Crippen molar-refractivity contribution in [3.05, 3.63) is 28.5 Å². The van der Waals surface area contributed by atoms with Crippen LogP contribution < -0.4 is 5.73 Å². The lowest BCUT2D eigenvalue weighted by atomic mass is 10.2. The molecule has 3 N–H and O–H groups in total. The monoisotopic (exact) mass is 266 g/mol. The predicted octanol–water partition coefficient (Wildman–Crippen LogP) is 1.35. The maximum Gasteiger partial charge on any atom is 0.326 e. The van der Waals surface area contributed by atoms with E-state index in [1.807, 2.05) is 0 Å². The molecular weight excluding hydrogens is 259 g/mol. The zero-order valence-corrected chi connectivity index (χ0v) is 8.88. The Morgan fingerprint density at radius 2 is 2.23 bits per heavy atom. The molecule has 0 fully saturated rings. The molecule has 1 aromatic rings. The van der Waals surface area contributed by atoms with Crippen molar-refractivity contribution in [1.29, 1.82) is 0 Å². The average molecular weight is 268 g/mol. The first-order chi connectivity index (χ1) is 5.61. The number of aliphatic carboxylic acids is 1. The fourth-order valence-electron chi connectivity index (χ4n) is 0.698. The zero-order valence-electron chi connectivity index (χ0n) is 6.48. The second kappa shape index (κ2) is 5.16. The van der Waals surface area contributed by atoms with Crippen molar-refractivity contribution in [3.8, 4) is 0 Å². The van der Waals surface area contributed by atoms with Gasteiger partial charge in [-0.25, -0.2) is 0 Å². The molecule has 0 amide bonds. The summed E-state index contributed by atoms with van der Waals surface area (Å²) < 4.78 is 0.795. The van der Waals surface area contributed by atoms with Gasteiger partial charge in [-0.15, -0.1) is 12.4 Å². The smallest absolute Gasteiger partial charge is 0.326 e. The second-order valence-electron chi connectivity index (χ2n) is 2.22. The van der Waals surface area contributed by atoms with Crippen molar-refractivity contribution in [2.45, 2.75) is 6.04 Å². The number of rotatable bonds is 2. The summed E-state index contributed by atoms with van der Waals surface area (Å²) in [6.45, 7) is 0. The molecule has 1 heterocycles. The van der Waals surface area contributed by atoms with Gasteiger partial charge in [0.15, 0.2) is 0 Å². The van der Waals surface area contributed by atoms with E-state index in [1.54, 1.807) is 12.1 Å².